The van der Waals surface area contributed by atoms with Crippen molar-refractivity contribution in [3.63, 3.8) is 0 Å². The van der Waals surface area contributed by atoms with Crippen molar-refractivity contribution >= 4 is 74.5 Å². The van der Waals surface area contributed by atoms with E-state index in [0.29, 0.717) is 0 Å². The van der Waals surface area contributed by atoms with Crippen LogP contribution in [0.3, 0.4) is 0 Å². The molecule has 0 unspecified atom stereocenters. The first-order valence-corrected chi connectivity index (χ1v) is 17.7. The summed E-state index contributed by atoms with van der Waals surface area (Å²) in [6.07, 6.45) is 0. The number of anilines is 2. The van der Waals surface area contributed by atoms with E-state index in [4.69, 9.17) is 0 Å². The smallest absolute Gasteiger partial charge is 0.333 e. The first-order chi connectivity index (χ1) is 23.3. The predicted octanol–water partition coefficient (Wildman–Crippen LogP) is 10.3. The Balaban J connectivity index is 1.30. The van der Waals surface area contributed by atoms with E-state index in [1.807, 2.05) is 23.5 Å². The maximum Gasteiger partial charge on any atom is 0.333 e. The van der Waals surface area contributed by atoms with Gasteiger partial charge < -0.3 is 9.38 Å². The van der Waals surface area contributed by atoms with Crippen LogP contribution in [-0.2, 0) is 0 Å². The SMILES string of the molecule is c1ccc(-c2cc3c4c(c2)-n2c5ccccc5c5cccc(c52)B4N(c2ccccc2)c2cc4c(cc2-3)Sc2ccccc2S4)cc1. The van der Waals surface area contributed by atoms with E-state index in [1.165, 1.54) is 91.6 Å². The maximum absolute atomic E-state index is 2.62. The second-order valence-electron chi connectivity index (χ2n) is 12.5. The molecule has 1 aromatic heterocycles. The van der Waals surface area contributed by atoms with E-state index in [0.717, 1.165) is 0 Å². The fourth-order valence-corrected chi connectivity index (χ4v) is 10.3. The molecule has 0 aliphatic carbocycles. The number of aromatic nitrogens is 1. The van der Waals surface area contributed by atoms with Gasteiger partial charge >= 0.3 is 6.85 Å². The highest BCUT2D eigenvalue weighted by Crippen LogP contribution is 2.54. The molecule has 0 atom stereocenters. The first-order valence-electron chi connectivity index (χ1n) is 16.0. The molecule has 0 spiro atoms. The van der Waals surface area contributed by atoms with Gasteiger partial charge in [0.15, 0.2) is 0 Å². The molecule has 0 radical (unpaired) electrons. The van der Waals surface area contributed by atoms with Gasteiger partial charge in [-0.15, -0.1) is 0 Å². The van der Waals surface area contributed by atoms with Crippen molar-refractivity contribution in [2.45, 2.75) is 19.6 Å². The number of rotatable bonds is 2. The molecule has 0 N–H and O–H groups in total. The highest BCUT2D eigenvalue weighted by molar-refractivity contribution is 8.05. The van der Waals surface area contributed by atoms with Gasteiger partial charge in [0.25, 0.3) is 0 Å². The van der Waals surface area contributed by atoms with Gasteiger partial charge in [0.05, 0.1) is 11.0 Å². The van der Waals surface area contributed by atoms with Crippen LogP contribution in [-0.4, -0.2) is 11.4 Å². The molecule has 11 rings (SSSR count). The highest BCUT2D eigenvalue weighted by Gasteiger charge is 2.44. The van der Waals surface area contributed by atoms with Crippen LogP contribution in [0.4, 0.5) is 11.4 Å². The van der Waals surface area contributed by atoms with Crippen LogP contribution in [0.1, 0.15) is 0 Å². The molecular formula is C42H25BN2S2. The molecule has 0 fully saturated rings. The lowest BCUT2D eigenvalue weighted by atomic mass is 9.44. The Morgan fingerprint density at radius 2 is 1.15 bits per heavy atom. The van der Waals surface area contributed by atoms with Crippen LogP contribution >= 0.6 is 23.5 Å². The zero-order chi connectivity index (χ0) is 30.6. The van der Waals surface area contributed by atoms with Crippen LogP contribution in [0, 0.1) is 0 Å². The molecule has 0 bridgehead atoms. The lowest BCUT2D eigenvalue weighted by Crippen LogP contribution is -2.60. The van der Waals surface area contributed by atoms with Gasteiger partial charge in [0.2, 0.25) is 0 Å². The van der Waals surface area contributed by atoms with E-state index >= 15 is 0 Å². The van der Waals surface area contributed by atoms with E-state index in [-0.39, 0.29) is 6.85 Å². The number of hydrogen-bond acceptors (Lipinski definition) is 3. The third-order valence-corrected chi connectivity index (χ3v) is 12.5. The van der Waals surface area contributed by atoms with Crippen LogP contribution in [0.2, 0.25) is 0 Å². The summed E-state index contributed by atoms with van der Waals surface area (Å²) in [5.41, 5.74) is 14.1. The Morgan fingerprint density at radius 1 is 0.468 bits per heavy atom. The van der Waals surface area contributed by atoms with Crippen molar-refractivity contribution < 1.29 is 0 Å². The zero-order valence-electron chi connectivity index (χ0n) is 25.2. The minimum atomic E-state index is 0.0202. The van der Waals surface area contributed by atoms with Crippen LogP contribution in [0.25, 0.3) is 49.7 Å². The number of hydrogen-bond donors (Lipinski definition) is 0. The topological polar surface area (TPSA) is 8.17 Å². The van der Waals surface area contributed by atoms with Crippen molar-refractivity contribution in [3.05, 3.63) is 152 Å². The number of benzene rings is 7. The van der Waals surface area contributed by atoms with Crippen molar-refractivity contribution in [1.82, 2.24) is 4.57 Å². The third-order valence-electron chi connectivity index (χ3n) is 9.99. The highest BCUT2D eigenvalue weighted by atomic mass is 32.2. The normalized spacial score (nSPS) is 13.7. The standard InChI is InChI=1S/C42H25BN2S2/c1-3-12-26(13-4-1)27-22-32-31-24-39-40(47-38-21-10-9-20-37(38)46-39)25-35(31)45(28-14-5-2-6-15-28)43-33-18-11-17-30-29-16-7-8-19-34(29)44(42(30)33)36(23-27)41(32)43/h1-25H. The minimum absolute atomic E-state index is 0.0202. The molecule has 0 saturated carbocycles. The van der Waals surface area contributed by atoms with Gasteiger partial charge in [-0.05, 0) is 82.2 Å². The molecule has 0 saturated heterocycles. The number of nitrogens with zero attached hydrogens (tertiary/aromatic N) is 2. The van der Waals surface area contributed by atoms with Crippen LogP contribution < -0.4 is 15.7 Å². The average Bonchev–Trinajstić information content (AvgIpc) is 3.48. The Hall–Kier alpha value is -5.10. The Morgan fingerprint density at radius 3 is 1.96 bits per heavy atom. The lowest BCUT2D eigenvalue weighted by molar-refractivity contribution is 1.14. The summed E-state index contributed by atoms with van der Waals surface area (Å²) in [5, 5.41) is 2.61. The van der Waals surface area contributed by atoms with Crippen molar-refractivity contribution in [2.75, 3.05) is 4.81 Å². The van der Waals surface area contributed by atoms with Gasteiger partial charge in [0, 0.05) is 53.0 Å². The van der Waals surface area contributed by atoms with Gasteiger partial charge in [-0.2, -0.15) is 0 Å². The lowest BCUT2D eigenvalue weighted by Gasteiger charge is -2.43. The van der Waals surface area contributed by atoms with E-state index in [9.17, 15) is 0 Å². The monoisotopic (exact) mass is 632 g/mol. The van der Waals surface area contributed by atoms with Crippen LogP contribution in [0.15, 0.2) is 171 Å². The Bertz CT molecular complexity index is 2590. The molecule has 7 aromatic carbocycles. The predicted molar refractivity (Wildman–Crippen MR) is 200 cm³/mol. The molecular weight excluding hydrogens is 607 g/mol. The van der Waals surface area contributed by atoms with Crippen LogP contribution in [0.5, 0.6) is 0 Å². The van der Waals surface area contributed by atoms with Crippen molar-refractivity contribution in [3.8, 4) is 27.9 Å². The second-order valence-corrected chi connectivity index (χ2v) is 14.7. The summed E-state index contributed by atoms with van der Waals surface area (Å²) in [6, 6.07) is 56.3. The summed E-state index contributed by atoms with van der Waals surface area (Å²) in [7, 11) is 0. The zero-order valence-corrected chi connectivity index (χ0v) is 26.9. The van der Waals surface area contributed by atoms with Crippen molar-refractivity contribution in [2.24, 2.45) is 0 Å². The van der Waals surface area contributed by atoms with Gasteiger partial charge in [-0.1, -0.05) is 121 Å². The molecule has 5 heteroatoms. The molecule has 3 aliphatic rings. The van der Waals surface area contributed by atoms with E-state index < -0.39 is 0 Å². The maximum atomic E-state index is 2.62. The molecule has 218 valence electrons. The van der Waals surface area contributed by atoms with Gasteiger partial charge in [-0.3, -0.25) is 0 Å². The Kier molecular flexibility index (Phi) is 5.38. The fraction of sp³-hybridized carbons (Fsp3) is 0. The molecule has 8 aromatic rings. The summed E-state index contributed by atoms with van der Waals surface area (Å²) in [5.74, 6) is 0. The number of para-hydroxylation sites is 3. The molecule has 4 heterocycles. The molecule has 3 aliphatic heterocycles. The summed E-state index contributed by atoms with van der Waals surface area (Å²) in [6.45, 7) is 0.0202. The van der Waals surface area contributed by atoms with E-state index in [1.54, 1.807) is 0 Å². The Labute approximate surface area is 281 Å². The average molecular weight is 633 g/mol. The van der Waals surface area contributed by atoms with Gasteiger partial charge in [0.1, 0.15) is 0 Å². The fourth-order valence-electron chi connectivity index (χ4n) is 8.07. The minimum Gasteiger partial charge on any atom is -0.376 e. The van der Waals surface area contributed by atoms with Crippen molar-refractivity contribution in [1.29, 1.82) is 0 Å². The summed E-state index contributed by atoms with van der Waals surface area (Å²) >= 11 is 3.79. The second kappa shape index (κ2) is 9.71. The third kappa shape index (κ3) is 3.61. The first kappa shape index (κ1) is 26.0. The summed E-state index contributed by atoms with van der Waals surface area (Å²) < 4.78 is 2.55. The molecule has 2 nitrogen and oxygen atoms in total. The van der Waals surface area contributed by atoms with Gasteiger partial charge in [-0.25, -0.2) is 0 Å². The number of fused-ring (bicyclic) bond motifs is 9. The largest absolute Gasteiger partial charge is 0.376 e. The summed E-state index contributed by atoms with van der Waals surface area (Å²) in [4.78, 5) is 7.91. The van der Waals surface area contributed by atoms with E-state index in [2.05, 4.69) is 161 Å². The molecule has 47 heavy (non-hydrogen) atoms. The quantitative estimate of drug-likeness (QED) is 0.175. The molecule has 0 amide bonds.